The number of rotatable bonds is 11. The summed E-state index contributed by atoms with van der Waals surface area (Å²) in [4.78, 5) is 17.4. The van der Waals surface area contributed by atoms with E-state index < -0.39 is 21.9 Å². The minimum Gasteiger partial charge on any atom is -0.488 e. The van der Waals surface area contributed by atoms with Crippen molar-refractivity contribution < 1.29 is 32.2 Å². The van der Waals surface area contributed by atoms with Gasteiger partial charge in [-0.2, -0.15) is 0 Å². The van der Waals surface area contributed by atoms with E-state index in [0.717, 1.165) is 29.2 Å². The molecule has 0 aromatic heterocycles. The van der Waals surface area contributed by atoms with Gasteiger partial charge in [-0.25, -0.2) is 12.8 Å². The molecule has 242 valence electrons. The van der Waals surface area contributed by atoms with Crippen molar-refractivity contribution in [2.45, 2.75) is 37.4 Å². The number of nitrogens with one attached hydrogen (secondary N) is 1. The van der Waals surface area contributed by atoms with E-state index in [0.29, 0.717) is 25.4 Å². The molecular weight excluding hydrogens is 609 g/mol. The molecule has 9 nitrogen and oxygen atoms in total. The number of sulfonamides is 1. The summed E-state index contributed by atoms with van der Waals surface area (Å²) in [5.74, 6) is 0.804. The van der Waals surface area contributed by atoms with Crippen LogP contribution in [0.1, 0.15) is 29.8 Å². The number of nitrogens with zero attached hydrogens (tertiary/aromatic N) is 2. The van der Waals surface area contributed by atoms with Crippen molar-refractivity contribution in [2.75, 3.05) is 31.5 Å². The molecule has 4 aromatic rings. The molecule has 0 saturated carbocycles. The number of likely N-dealkylation sites (N-methyl/N-ethyl adjacent to an activating group) is 1. The van der Waals surface area contributed by atoms with Crippen LogP contribution in [0.15, 0.2) is 102 Å². The standard InChI is InChI=1S/C35H38FN3O6S/c1-24-20-39(25(2)23-40)35(41)32-19-28(37-46(42,43)31-16-11-27(36)12-17-31)13-18-33(32)45-34(24)22-38(3)21-26-9-14-30(15-10-26)44-29-7-5-4-6-8-29/h4-19,24-25,34,37,40H,20-23H2,1-3H3/t24-,25-,34+/m0/s1. The molecule has 0 unspecified atom stereocenters. The Hall–Kier alpha value is -4.45. The number of amides is 1. The van der Waals surface area contributed by atoms with Crippen molar-refractivity contribution in [3.63, 3.8) is 0 Å². The Kier molecular flexibility index (Phi) is 10.3. The molecule has 5 rings (SSSR count). The first-order valence-corrected chi connectivity index (χ1v) is 16.5. The van der Waals surface area contributed by atoms with Crippen LogP contribution in [0.3, 0.4) is 0 Å². The third-order valence-corrected chi connectivity index (χ3v) is 9.28. The highest BCUT2D eigenvalue weighted by Gasteiger charge is 2.34. The van der Waals surface area contributed by atoms with Crippen molar-refractivity contribution in [1.29, 1.82) is 0 Å². The highest BCUT2D eigenvalue weighted by Crippen LogP contribution is 2.32. The fraction of sp³-hybridized carbons (Fsp3) is 0.286. The average molecular weight is 648 g/mol. The number of anilines is 1. The monoisotopic (exact) mass is 647 g/mol. The molecular formula is C35H38FN3O6S. The van der Waals surface area contributed by atoms with E-state index >= 15 is 0 Å². The molecule has 0 bridgehead atoms. The fourth-order valence-corrected chi connectivity index (χ4v) is 6.35. The lowest BCUT2D eigenvalue weighted by molar-refractivity contribution is 0.0341. The number of fused-ring (bicyclic) bond motifs is 1. The Balaban J connectivity index is 1.34. The van der Waals surface area contributed by atoms with E-state index in [1.165, 1.54) is 24.3 Å². The van der Waals surface area contributed by atoms with Crippen LogP contribution in [0.25, 0.3) is 0 Å². The van der Waals surface area contributed by atoms with Gasteiger partial charge in [-0.1, -0.05) is 37.3 Å². The zero-order valence-corrected chi connectivity index (χ0v) is 26.8. The lowest BCUT2D eigenvalue weighted by atomic mass is 9.99. The Morgan fingerprint density at radius 3 is 2.37 bits per heavy atom. The number of halogens is 1. The van der Waals surface area contributed by atoms with E-state index in [9.17, 15) is 22.7 Å². The number of carbonyl (C=O) groups is 1. The molecule has 0 radical (unpaired) electrons. The molecule has 0 fully saturated rings. The highest BCUT2D eigenvalue weighted by molar-refractivity contribution is 7.92. The van der Waals surface area contributed by atoms with Crippen molar-refractivity contribution in [2.24, 2.45) is 5.92 Å². The predicted molar refractivity (Wildman–Crippen MR) is 174 cm³/mol. The summed E-state index contributed by atoms with van der Waals surface area (Å²) in [6.07, 6.45) is -0.326. The number of aliphatic hydroxyl groups excluding tert-OH is 1. The van der Waals surface area contributed by atoms with Gasteiger partial charge >= 0.3 is 0 Å². The van der Waals surface area contributed by atoms with Crippen LogP contribution >= 0.6 is 0 Å². The summed E-state index contributed by atoms with van der Waals surface area (Å²) in [6.45, 7) is 5.05. The summed E-state index contributed by atoms with van der Waals surface area (Å²) in [6, 6.07) is 26.0. The number of hydrogen-bond acceptors (Lipinski definition) is 7. The van der Waals surface area contributed by atoms with E-state index in [1.807, 2.05) is 68.6 Å². The zero-order valence-electron chi connectivity index (χ0n) is 26.0. The Bertz CT molecular complexity index is 1740. The van der Waals surface area contributed by atoms with E-state index in [2.05, 4.69) is 9.62 Å². The van der Waals surface area contributed by atoms with Gasteiger partial charge in [-0.15, -0.1) is 0 Å². The van der Waals surface area contributed by atoms with Gasteiger partial charge < -0.3 is 19.5 Å². The van der Waals surface area contributed by atoms with Crippen LogP contribution in [0.4, 0.5) is 10.1 Å². The lowest BCUT2D eigenvalue weighted by Gasteiger charge is -2.38. The van der Waals surface area contributed by atoms with Crippen LogP contribution in [-0.4, -0.2) is 68.1 Å². The summed E-state index contributed by atoms with van der Waals surface area (Å²) < 4.78 is 54.1. The SMILES string of the molecule is C[C@H]1CN([C@@H](C)CO)C(=O)c2cc(NS(=O)(=O)c3ccc(F)cc3)ccc2O[C@@H]1CN(C)Cc1ccc(Oc2ccccc2)cc1. The lowest BCUT2D eigenvalue weighted by Crippen LogP contribution is -2.49. The summed E-state index contributed by atoms with van der Waals surface area (Å²) in [7, 11) is -2.05. The molecule has 0 spiro atoms. The number of benzene rings is 4. The van der Waals surface area contributed by atoms with Gasteiger partial charge in [-0.3, -0.25) is 14.4 Å². The Labute approximate surface area is 269 Å². The molecule has 0 saturated heterocycles. The van der Waals surface area contributed by atoms with Crippen molar-refractivity contribution in [3.05, 3.63) is 114 Å². The van der Waals surface area contributed by atoms with E-state index in [1.54, 1.807) is 17.9 Å². The second-order valence-corrected chi connectivity index (χ2v) is 13.3. The van der Waals surface area contributed by atoms with Crippen LogP contribution in [0, 0.1) is 11.7 Å². The van der Waals surface area contributed by atoms with E-state index in [-0.39, 0.29) is 40.7 Å². The highest BCUT2D eigenvalue weighted by atomic mass is 32.2. The third kappa shape index (κ3) is 8.03. The second-order valence-electron chi connectivity index (χ2n) is 11.6. The number of carbonyl (C=O) groups excluding carboxylic acids is 1. The molecule has 1 heterocycles. The van der Waals surface area contributed by atoms with Crippen molar-refractivity contribution in [1.82, 2.24) is 9.80 Å². The molecule has 0 aliphatic carbocycles. The molecule has 3 atom stereocenters. The summed E-state index contributed by atoms with van der Waals surface area (Å²) in [5, 5.41) is 9.97. The molecule has 1 amide bonds. The Morgan fingerprint density at radius 1 is 1.02 bits per heavy atom. The van der Waals surface area contributed by atoms with Crippen LogP contribution in [-0.2, 0) is 16.6 Å². The van der Waals surface area contributed by atoms with Gasteiger partial charge in [0.25, 0.3) is 15.9 Å². The molecule has 4 aromatic carbocycles. The maximum atomic E-state index is 13.8. The molecule has 2 N–H and O–H groups in total. The third-order valence-electron chi connectivity index (χ3n) is 7.89. The Morgan fingerprint density at radius 2 is 1.70 bits per heavy atom. The zero-order chi connectivity index (χ0) is 32.8. The second kappa shape index (κ2) is 14.3. The van der Waals surface area contributed by atoms with Crippen LogP contribution in [0.2, 0.25) is 0 Å². The summed E-state index contributed by atoms with van der Waals surface area (Å²) in [5.41, 5.74) is 1.41. The number of para-hydroxylation sites is 1. The predicted octanol–water partition coefficient (Wildman–Crippen LogP) is 5.77. The summed E-state index contributed by atoms with van der Waals surface area (Å²) >= 11 is 0. The smallest absolute Gasteiger partial charge is 0.261 e. The maximum Gasteiger partial charge on any atom is 0.261 e. The topological polar surface area (TPSA) is 108 Å². The molecule has 1 aliphatic heterocycles. The van der Waals surface area contributed by atoms with Gasteiger partial charge in [0.2, 0.25) is 0 Å². The molecule has 46 heavy (non-hydrogen) atoms. The largest absolute Gasteiger partial charge is 0.488 e. The first-order valence-electron chi connectivity index (χ1n) is 15.0. The minimum absolute atomic E-state index is 0.0909. The van der Waals surface area contributed by atoms with Crippen LogP contribution in [0.5, 0.6) is 17.2 Å². The average Bonchev–Trinajstić information content (AvgIpc) is 3.04. The number of ether oxygens (including phenoxy) is 2. The fourth-order valence-electron chi connectivity index (χ4n) is 5.30. The van der Waals surface area contributed by atoms with Gasteiger partial charge in [0, 0.05) is 31.2 Å². The molecule has 1 aliphatic rings. The normalized spacial score (nSPS) is 17.4. The van der Waals surface area contributed by atoms with Gasteiger partial charge in [0.15, 0.2) is 0 Å². The van der Waals surface area contributed by atoms with Crippen molar-refractivity contribution >= 4 is 21.6 Å². The maximum absolute atomic E-state index is 13.8. The molecule has 11 heteroatoms. The van der Waals surface area contributed by atoms with Gasteiger partial charge in [0.1, 0.15) is 29.2 Å². The van der Waals surface area contributed by atoms with Gasteiger partial charge in [0.05, 0.1) is 23.1 Å². The van der Waals surface area contributed by atoms with Crippen molar-refractivity contribution in [3.8, 4) is 17.2 Å². The number of aliphatic hydroxyl groups is 1. The van der Waals surface area contributed by atoms with Gasteiger partial charge in [-0.05, 0) is 86.3 Å². The number of hydrogen-bond donors (Lipinski definition) is 2. The first-order chi connectivity index (χ1) is 22.0. The van der Waals surface area contributed by atoms with E-state index in [4.69, 9.17) is 9.47 Å². The van der Waals surface area contributed by atoms with Crippen LogP contribution < -0.4 is 14.2 Å². The minimum atomic E-state index is -4.05. The first kappa shape index (κ1) is 32.9. The quantitative estimate of drug-likeness (QED) is 0.213.